The van der Waals surface area contributed by atoms with Crippen molar-refractivity contribution in [1.29, 1.82) is 0 Å². The van der Waals surface area contributed by atoms with Gasteiger partial charge in [-0.25, -0.2) is 4.98 Å². The number of hydrogen-bond acceptors (Lipinski definition) is 6. The number of fused-ring (bicyclic) bond motifs is 1. The van der Waals surface area contributed by atoms with E-state index in [1.54, 1.807) is 0 Å². The lowest BCUT2D eigenvalue weighted by Crippen LogP contribution is -2.16. The molecule has 26 heavy (non-hydrogen) atoms. The molecule has 2 saturated heterocycles. The van der Waals surface area contributed by atoms with Crippen LogP contribution in [0.3, 0.4) is 0 Å². The molecular formula is C20H28N4O2. The summed E-state index contributed by atoms with van der Waals surface area (Å²) in [6, 6.07) is 8.15. The number of nitrogens with one attached hydrogen (secondary N) is 2. The minimum atomic E-state index is 0.381. The number of nitrogens with zero attached hydrogens (tertiary/aromatic N) is 2. The van der Waals surface area contributed by atoms with Crippen LogP contribution in [-0.2, 0) is 9.47 Å². The molecule has 0 spiro atoms. The fraction of sp³-hybridized carbons (Fsp3) is 0.600. The molecule has 6 heteroatoms. The molecule has 3 heterocycles. The second-order valence-electron chi connectivity index (χ2n) is 7.11. The van der Waals surface area contributed by atoms with Crippen molar-refractivity contribution >= 4 is 22.7 Å². The predicted octanol–water partition coefficient (Wildman–Crippen LogP) is 3.59. The van der Waals surface area contributed by atoms with E-state index in [2.05, 4.69) is 21.7 Å². The second kappa shape index (κ2) is 8.64. The third-order valence-electron chi connectivity index (χ3n) is 5.16. The van der Waals surface area contributed by atoms with Crippen molar-refractivity contribution in [1.82, 2.24) is 9.97 Å². The summed E-state index contributed by atoms with van der Waals surface area (Å²) in [6.07, 6.45) is 7.47. The SMILES string of the molecule is c1ccc2c(NCCC3CCCO3)nc(NCCC3CCCO3)nc2c1. The van der Waals surface area contributed by atoms with Crippen LogP contribution in [0.25, 0.3) is 10.9 Å². The van der Waals surface area contributed by atoms with Crippen molar-refractivity contribution in [2.45, 2.75) is 50.7 Å². The third-order valence-corrected chi connectivity index (χ3v) is 5.16. The zero-order chi connectivity index (χ0) is 17.6. The summed E-state index contributed by atoms with van der Waals surface area (Å²) in [6.45, 7) is 3.50. The molecule has 2 unspecified atom stereocenters. The summed E-state index contributed by atoms with van der Waals surface area (Å²) >= 11 is 0. The smallest absolute Gasteiger partial charge is 0.225 e. The van der Waals surface area contributed by atoms with Crippen LogP contribution in [0.1, 0.15) is 38.5 Å². The number of anilines is 2. The molecule has 2 N–H and O–H groups in total. The molecule has 1 aromatic carbocycles. The third kappa shape index (κ3) is 4.43. The summed E-state index contributed by atoms with van der Waals surface area (Å²) in [5, 5.41) is 7.92. The number of para-hydroxylation sites is 1. The van der Waals surface area contributed by atoms with E-state index in [-0.39, 0.29) is 0 Å². The monoisotopic (exact) mass is 356 g/mol. The molecule has 0 radical (unpaired) electrons. The van der Waals surface area contributed by atoms with Crippen LogP contribution >= 0.6 is 0 Å². The molecule has 2 fully saturated rings. The van der Waals surface area contributed by atoms with Crippen LogP contribution in [0.2, 0.25) is 0 Å². The Labute approximate surface area is 154 Å². The number of benzene rings is 1. The van der Waals surface area contributed by atoms with Crippen LogP contribution in [0.15, 0.2) is 24.3 Å². The predicted molar refractivity (Wildman–Crippen MR) is 104 cm³/mol. The van der Waals surface area contributed by atoms with Gasteiger partial charge >= 0.3 is 0 Å². The van der Waals surface area contributed by atoms with Gasteiger partial charge in [0.15, 0.2) is 0 Å². The Morgan fingerprint density at radius 1 is 0.885 bits per heavy atom. The van der Waals surface area contributed by atoms with Crippen LogP contribution < -0.4 is 10.6 Å². The Bertz CT molecular complexity index is 712. The molecule has 0 amide bonds. The molecule has 140 valence electrons. The van der Waals surface area contributed by atoms with Crippen molar-refractivity contribution < 1.29 is 9.47 Å². The van der Waals surface area contributed by atoms with Gasteiger partial charge in [-0.2, -0.15) is 4.98 Å². The highest BCUT2D eigenvalue weighted by Crippen LogP contribution is 2.23. The molecule has 6 nitrogen and oxygen atoms in total. The van der Waals surface area contributed by atoms with Gasteiger partial charge in [-0.15, -0.1) is 0 Å². The summed E-state index contributed by atoms with van der Waals surface area (Å²) in [7, 11) is 0. The van der Waals surface area contributed by atoms with Crippen molar-refractivity contribution in [2.75, 3.05) is 36.9 Å². The Hall–Kier alpha value is -1.92. The van der Waals surface area contributed by atoms with Gasteiger partial charge < -0.3 is 20.1 Å². The zero-order valence-electron chi connectivity index (χ0n) is 15.2. The van der Waals surface area contributed by atoms with E-state index in [0.29, 0.717) is 18.2 Å². The Balaban J connectivity index is 1.40. The molecule has 4 rings (SSSR count). The fourth-order valence-electron chi connectivity index (χ4n) is 3.73. The van der Waals surface area contributed by atoms with Gasteiger partial charge in [0, 0.05) is 31.7 Å². The normalized spacial score (nSPS) is 22.8. The fourth-order valence-corrected chi connectivity index (χ4v) is 3.73. The van der Waals surface area contributed by atoms with Gasteiger partial charge in [0.25, 0.3) is 0 Å². The van der Waals surface area contributed by atoms with E-state index in [1.165, 1.54) is 19.3 Å². The molecule has 2 aromatic rings. The standard InChI is InChI=1S/C20H28N4O2/c1-2-8-18-17(7-1)19(21-11-9-15-5-3-13-25-15)24-20(23-18)22-12-10-16-6-4-14-26-16/h1-2,7-8,15-16H,3-6,9-14H2,(H2,21,22,23,24). The highest BCUT2D eigenvalue weighted by molar-refractivity contribution is 5.89. The highest BCUT2D eigenvalue weighted by Gasteiger charge is 2.16. The maximum atomic E-state index is 5.71. The Morgan fingerprint density at radius 2 is 1.58 bits per heavy atom. The first-order valence-corrected chi connectivity index (χ1v) is 9.86. The largest absolute Gasteiger partial charge is 0.378 e. The lowest BCUT2D eigenvalue weighted by Gasteiger charge is -2.14. The molecule has 1 aromatic heterocycles. The van der Waals surface area contributed by atoms with E-state index in [1.807, 2.05) is 18.2 Å². The van der Waals surface area contributed by atoms with E-state index in [4.69, 9.17) is 14.5 Å². The van der Waals surface area contributed by atoms with Crippen molar-refractivity contribution in [3.8, 4) is 0 Å². The molecule has 2 aliphatic heterocycles. The summed E-state index contributed by atoms with van der Waals surface area (Å²) in [5.41, 5.74) is 0.960. The minimum absolute atomic E-state index is 0.381. The van der Waals surface area contributed by atoms with E-state index in [9.17, 15) is 0 Å². The molecule has 0 aliphatic carbocycles. The first kappa shape index (κ1) is 17.5. The highest BCUT2D eigenvalue weighted by atomic mass is 16.5. The first-order valence-electron chi connectivity index (χ1n) is 9.86. The van der Waals surface area contributed by atoms with Gasteiger partial charge in [-0.05, 0) is 50.7 Å². The Kier molecular flexibility index (Phi) is 5.82. The molecular weight excluding hydrogens is 328 g/mol. The zero-order valence-corrected chi connectivity index (χ0v) is 15.2. The minimum Gasteiger partial charge on any atom is -0.378 e. The number of ether oxygens (including phenoxy) is 2. The molecule has 2 aliphatic rings. The maximum Gasteiger partial charge on any atom is 0.225 e. The average Bonchev–Trinajstić information content (AvgIpc) is 3.36. The lowest BCUT2D eigenvalue weighted by molar-refractivity contribution is 0.107. The Morgan fingerprint density at radius 3 is 2.27 bits per heavy atom. The van der Waals surface area contributed by atoms with Gasteiger partial charge in [0.1, 0.15) is 5.82 Å². The number of hydrogen-bond donors (Lipinski definition) is 2. The number of rotatable bonds is 8. The number of aromatic nitrogens is 2. The maximum absolute atomic E-state index is 5.71. The second-order valence-corrected chi connectivity index (χ2v) is 7.11. The van der Waals surface area contributed by atoms with Gasteiger partial charge in [0.05, 0.1) is 17.7 Å². The van der Waals surface area contributed by atoms with Gasteiger partial charge in [0.2, 0.25) is 5.95 Å². The molecule has 0 bridgehead atoms. The quantitative estimate of drug-likeness (QED) is 0.753. The lowest BCUT2D eigenvalue weighted by atomic mass is 10.2. The molecule has 0 saturated carbocycles. The topological polar surface area (TPSA) is 68.3 Å². The summed E-state index contributed by atoms with van der Waals surface area (Å²) < 4.78 is 11.4. The molecule has 2 atom stereocenters. The first-order chi connectivity index (χ1) is 12.9. The van der Waals surface area contributed by atoms with Crippen LogP contribution in [0, 0.1) is 0 Å². The van der Waals surface area contributed by atoms with Crippen LogP contribution in [0.4, 0.5) is 11.8 Å². The summed E-state index contributed by atoms with van der Waals surface area (Å²) in [5.74, 6) is 1.58. The van der Waals surface area contributed by atoms with Crippen LogP contribution in [0.5, 0.6) is 0 Å². The van der Waals surface area contributed by atoms with E-state index < -0.39 is 0 Å². The van der Waals surface area contributed by atoms with E-state index >= 15 is 0 Å². The van der Waals surface area contributed by atoms with Crippen molar-refractivity contribution in [2.24, 2.45) is 0 Å². The van der Waals surface area contributed by atoms with Gasteiger partial charge in [-0.1, -0.05) is 12.1 Å². The van der Waals surface area contributed by atoms with Gasteiger partial charge in [-0.3, -0.25) is 0 Å². The van der Waals surface area contributed by atoms with E-state index in [0.717, 1.165) is 62.3 Å². The average molecular weight is 356 g/mol. The van der Waals surface area contributed by atoms with Crippen molar-refractivity contribution in [3.05, 3.63) is 24.3 Å². The summed E-state index contributed by atoms with van der Waals surface area (Å²) in [4.78, 5) is 9.37. The van der Waals surface area contributed by atoms with Crippen LogP contribution in [-0.4, -0.2) is 48.5 Å². The van der Waals surface area contributed by atoms with Crippen molar-refractivity contribution in [3.63, 3.8) is 0 Å².